The summed E-state index contributed by atoms with van der Waals surface area (Å²) in [7, 11) is -1.46. The van der Waals surface area contributed by atoms with Crippen molar-refractivity contribution in [1.29, 1.82) is 0 Å². The Hall–Kier alpha value is -2.56. The van der Waals surface area contributed by atoms with Gasteiger partial charge in [-0.3, -0.25) is 14.4 Å². The van der Waals surface area contributed by atoms with Gasteiger partial charge >= 0.3 is 0 Å². The van der Waals surface area contributed by atoms with Gasteiger partial charge in [-0.2, -0.15) is 0 Å². The minimum atomic E-state index is -1.46. The molecule has 1 fully saturated rings. The van der Waals surface area contributed by atoms with Crippen LogP contribution in [0.3, 0.4) is 0 Å². The van der Waals surface area contributed by atoms with Crippen LogP contribution >= 0.6 is 11.3 Å². The van der Waals surface area contributed by atoms with Crippen molar-refractivity contribution in [1.82, 2.24) is 10.0 Å². The quantitative estimate of drug-likeness (QED) is 0.383. The lowest BCUT2D eigenvalue weighted by molar-refractivity contribution is -0.120. The molecule has 0 spiro atoms. The Morgan fingerprint density at radius 1 is 1.14 bits per heavy atom. The molecule has 2 aliphatic carbocycles. The summed E-state index contributed by atoms with van der Waals surface area (Å²) in [5, 5.41) is 9.47. The normalized spacial score (nSPS) is 19.5. The van der Waals surface area contributed by atoms with Gasteiger partial charge in [0.1, 0.15) is 16.0 Å². The molecule has 3 aliphatic rings. The number of carbonyl (C=O) groups is 3. The van der Waals surface area contributed by atoms with E-state index in [4.69, 9.17) is 0 Å². The third kappa shape index (κ3) is 5.19. The van der Waals surface area contributed by atoms with E-state index < -0.39 is 11.0 Å². The zero-order chi connectivity index (χ0) is 24.5. The molecule has 1 saturated carbocycles. The van der Waals surface area contributed by atoms with Crippen molar-refractivity contribution in [3.05, 3.63) is 39.8 Å². The van der Waals surface area contributed by atoms with E-state index in [0.717, 1.165) is 41.7 Å². The maximum absolute atomic E-state index is 13.3. The molecule has 10 heteroatoms. The van der Waals surface area contributed by atoms with Gasteiger partial charge in [0.25, 0.3) is 5.91 Å². The number of rotatable bonds is 9. The van der Waals surface area contributed by atoms with Crippen LogP contribution in [0.25, 0.3) is 0 Å². The van der Waals surface area contributed by atoms with Gasteiger partial charge in [-0.1, -0.05) is 13.3 Å². The molecule has 186 valence electrons. The van der Waals surface area contributed by atoms with Crippen molar-refractivity contribution in [3.8, 4) is 0 Å². The van der Waals surface area contributed by atoms with Crippen LogP contribution in [0.2, 0.25) is 0 Å². The zero-order valence-electron chi connectivity index (χ0n) is 19.7. The molecule has 2 unspecified atom stereocenters. The van der Waals surface area contributed by atoms with Gasteiger partial charge < -0.3 is 16.0 Å². The van der Waals surface area contributed by atoms with E-state index in [1.807, 2.05) is 6.07 Å². The minimum absolute atomic E-state index is 0.00530. The van der Waals surface area contributed by atoms with Gasteiger partial charge in [-0.05, 0) is 67.9 Å². The highest BCUT2D eigenvalue weighted by atomic mass is 32.2. The zero-order valence-corrected chi connectivity index (χ0v) is 21.3. The van der Waals surface area contributed by atoms with Crippen LogP contribution in [0.5, 0.6) is 0 Å². The van der Waals surface area contributed by atoms with Crippen LogP contribution in [0.15, 0.2) is 23.1 Å². The number of thiophene rings is 1. The summed E-state index contributed by atoms with van der Waals surface area (Å²) in [6.07, 6.45) is 5.59. The predicted molar refractivity (Wildman–Crippen MR) is 137 cm³/mol. The first-order chi connectivity index (χ1) is 16.9. The van der Waals surface area contributed by atoms with Gasteiger partial charge in [0, 0.05) is 41.1 Å². The standard InChI is InChI=1S/C25H30N4O4S2/c1-2-3-10-27-35(33)21-19-12-15(6-9-20(19)34-25(21)29-22(30)14-4-5-14)23(31)28-17-7-8-18-16(11-17)13-26-24(18)32/h7-8,11,14-15,27H,2-6,9-10,12-13H2,1H3,(H,26,32)(H,28,31)(H,29,30). The Bertz CT molecular complexity index is 1200. The summed E-state index contributed by atoms with van der Waals surface area (Å²) in [4.78, 5) is 39.2. The first kappa shape index (κ1) is 24.1. The van der Waals surface area contributed by atoms with Crippen LogP contribution < -0.4 is 20.7 Å². The van der Waals surface area contributed by atoms with Crippen molar-refractivity contribution in [2.75, 3.05) is 17.2 Å². The number of carbonyl (C=O) groups excluding carboxylic acids is 3. The van der Waals surface area contributed by atoms with Gasteiger partial charge in [-0.15, -0.1) is 11.3 Å². The monoisotopic (exact) mass is 514 g/mol. The molecular formula is C25H30N4O4S2. The Labute approximate surface area is 211 Å². The molecule has 2 atom stereocenters. The Kier molecular flexibility index (Phi) is 7.04. The summed E-state index contributed by atoms with van der Waals surface area (Å²) in [5.41, 5.74) is 3.12. The van der Waals surface area contributed by atoms with E-state index in [0.29, 0.717) is 53.5 Å². The third-order valence-electron chi connectivity index (χ3n) is 6.77. The SMILES string of the molecule is CCCCNS(=O)c1c(NC(=O)C2CC2)sc2c1CC(C(=O)Nc1ccc3c(c1)CNC3=O)CC2. The summed E-state index contributed by atoms with van der Waals surface area (Å²) >= 11 is 1.50. The van der Waals surface area contributed by atoms with E-state index >= 15 is 0 Å². The van der Waals surface area contributed by atoms with Crippen molar-refractivity contribution in [2.45, 2.75) is 63.3 Å². The Morgan fingerprint density at radius 2 is 1.94 bits per heavy atom. The molecular weight excluding hydrogens is 484 g/mol. The highest BCUT2D eigenvalue weighted by Crippen LogP contribution is 2.42. The smallest absolute Gasteiger partial charge is 0.251 e. The minimum Gasteiger partial charge on any atom is -0.348 e. The fourth-order valence-corrected chi connectivity index (χ4v) is 7.27. The number of hydrogen-bond acceptors (Lipinski definition) is 5. The van der Waals surface area contributed by atoms with E-state index in [1.165, 1.54) is 11.3 Å². The molecule has 3 amide bonds. The summed E-state index contributed by atoms with van der Waals surface area (Å²) < 4.78 is 16.4. The molecule has 1 aromatic carbocycles. The van der Waals surface area contributed by atoms with Gasteiger partial charge in [0.15, 0.2) is 0 Å². The number of anilines is 2. The summed E-state index contributed by atoms with van der Waals surface area (Å²) in [6, 6.07) is 5.33. The molecule has 1 aliphatic heterocycles. The van der Waals surface area contributed by atoms with Crippen molar-refractivity contribution >= 4 is 50.7 Å². The van der Waals surface area contributed by atoms with Crippen LogP contribution in [-0.4, -0.2) is 28.5 Å². The molecule has 1 aromatic heterocycles. The largest absolute Gasteiger partial charge is 0.348 e. The molecule has 2 aromatic rings. The molecule has 0 saturated heterocycles. The molecule has 35 heavy (non-hydrogen) atoms. The number of fused-ring (bicyclic) bond motifs is 2. The predicted octanol–water partition coefficient (Wildman–Crippen LogP) is 3.50. The molecule has 4 N–H and O–H groups in total. The Balaban J connectivity index is 1.34. The summed E-state index contributed by atoms with van der Waals surface area (Å²) in [5.74, 6) is -0.385. The van der Waals surface area contributed by atoms with Gasteiger partial charge in [0.2, 0.25) is 11.8 Å². The van der Waals surface area contributed by atoms with Crippen LogP contribution in [0.1, 0.15) is 65.4 Å². The molecule has 5 rings (SSSR count). The third-order valence-corrected chi connectivity index (χ3v) is 9.40. The number of amides is 3. The average Bonchev–Trinajstić information content (AvgIpc) is 3.55. The number of aryl methyl sites for hydroxylation is 1. The van der Waals surface area contributed by atoms with Crippen molar-refractivity contribution < 1.29 is 18.6 Å². The number of nitrogens with one attached hydrogen (secondary N) is 4. The first-order valence-electron chi connectivity index (χ1n) is 12.3. The van der Waals surface area contributed by atoms with Crippen LogP contribution in [-0.2, 0) is 40.0 Å². The van der Waals surface area contributed by atoms with Crippen molar-refractivity contribution in [2.24, 2.45) is 11.8 Å². The van der Waals surface area contributed by atoms with Gasteiger partial charge in [-0.25, -0.2) is 8.93 Å². The fourth-order valence-electron chi connectivity index (χ4n) is 4.59. The average molecular weight is 515 g/mol. The lowest BCUT2D eigenvalue weighted by Gasteiger charge is -2.22. The van der Waals surface area contributed by atoms with E-state index in [-0.39, 0.29) is 29.6 Å². The lowest BCUT2D eigenvalue weighted by Crippen LogP contribution is -2.29. The summed E-state index contributed by atoms with van der Waals surface area (Å²) in [6.45, 7) is 3.18. The molecule has 8 nitrogen and oxygen atoms in total. The Morgan fingerprint density at radius 3 is 2.71 bits per heavy atom. The fraction of sp³-hybridized carbons (Fsp3) is 0.480. The van der Waals surface area contributed by atoms with Crippen LogP contribution in [0.4, 0.5) is 10.7 Å². The second kappa shape index (κ2) is 10.2. The maximum Gasteiger partial charge on any atom is 0.251 e. The van der Waals surface area contributed by atoms with E-state index in [2.05, 4.69) is 27.6 Å². The molecule has 0 bridgehead atoms. The first-order valence-corrected chi connectivity index (χ1v) is 14.2. The lowest BCUT2D eigenvalue weighted by atomic mass is 9.87. The maximum atomic E-state index is 13.3. The van der Waals surface area contributed by atoms with Crippen LogP contribution in [0, 0.1) is 11.8 Å². The highest BCUT2D eigenvalue weighted by Gasteiger charge is 2.35. The topological polar surface area (TPSA) is 116 Å². The van der Waals surface area contributed by atoms with Gasteiger partial charge in [0.05, 0.1) is 4.90 Å². The molecule has 0 radical (unpaired) electrons. The second-order valence-corrected chi connectivity index (χ2v) is 11.8. The van der Waals surface area contributed by atoms with E-state index in [9.17, 15) is 18.6 Å². The van der Waals surface area contributed by atoms with E-state index in [1.54, 1.807) is 12.1 Å². The molecule has 2 heterocycles. The second-order valence-electron chi connectivity index (χ2n) is 9.43. The van der Waals surface area contributed by atoms with Crippen molar-refractivity contribution in [3.63, 3.8) is 0 Å². The number of benzene rings is 1. The number of hydrogen-bond donors (Lipinski definition) is 4. The number of unbranched alkanes of at least 4 members (excludes halogenated alkanes) is 1. The highest BCUT2D eigenvalue weighted by molar-refractivity contribution is 7.83.